The monoisotopic (exact) mass is 320 g/mol. The van der Waals surface area contributed by atoms with Crippen LogP contribution in [0, 0.1) is 0 Å². The molecule has 1 aliphatic rings. The van der Waals surface area contributed by atoms with Gasteiger partial charge in [0.2, 0.25) is 5.91 Å². The van der Waals surface area contributed by atoms with Crippen LogP contribution in [0.15, 0.2) is 66.4 Å². The van der Waals surface area contributed by atoms with Crippen molar-refractivity contribution >= 4 is 23.1 Å². The van der Waals surface area contributed by atoms with Gasteiger partial charge in [0.25, 0.3) is 0 Å². The highest BCUT2D eigenvalue weighted by atomic mass is 16.1. The third-order valence-electron chi connectivity index (χ3n) is 4.03. The fraction of sp³-hybridized carbons (Fsp3) is 0.200. The molecule has 4 heteroatoms. The van der Waals surface area contributed by atoms with E-state index < -0.39 is 0 Å². The van der Waals surface area contributed by atoms with Crippen LogP contribution in [0.3, 0.4) is 0 Å². The van der Waals surface area contributed by atoms with Crippen LogP contribution < -0.4 is 10.6 Å². The maximum atomic E-state index is 12.1. The largest absolute Gasteiger partial charge is 0.359 e. The molecule has 0 fully saturated rings. The molecule has 3 rings (SSSR count). The second kappa shape index (κ2) is 7.13. The van der Waals surface area contributed by atoms with E-state index in [4.69, 9.17) is 0 Å². The van der Waals surface area contributed by atoms with Crippen molar-refractivity contribution in [2.75, 3.05) is 10.6 Å². The van der Waals surface area contributed by atoms with Crippen LogP contribution in [0.4, 0.5) is 11.4 Å². The van der Waals surface area contributed by atoms with E-state index in [9.17, 15) is 9.59 Å². The summed E-state index contributed by atoms with van der Waals surface area (Å²) < 4.78 is 0. The summed E-state index contributed by atoms with van der Waals surface area (Å²) >= 11 is 0. The lowest BCUT2D eigenvalue weighted by Crippen LogP contribution is -2.16. The zero-order valence-electron chi connectivity index (χ0n) is 13.6. The number of benzene rings is 2. The first kappa shape index (κ1) is 16.0. The summed E-state index contributed by atoms with van der Waals surface area (Å²) in [5.41, 5.74) is 3.77. The van der Waals surface area contributed by atoms with E-state index in [1.807, 2.05) is 42.5 Å². The smallest absolute Gasteiger partial charge is 0.221 e. The van der Waals surface area contributed by atoms with Crippen molar-refractivity contribution in [1.29, 1.82) is 0 Å². The number of nitrogens with one attached hydrogen (secondary N) is 2. The minimum Gasteiger partial charge on any atom is -0.359 e. The predicted molar refractivity (Wildman–Crippen MR) is 95.9 cm³/mol. The van der Waals surface area contributed by atoms with Crippen LogP contribution in [-0.2, 0) is 9.59 Å². The second-order valence-corrected chi connectivity index (χ2v) is 6.04. The van der Waals surface area contributed by atoms with E-state index in [2.05, 4.69) is 22.8 Å². The Bertz CT molecular complexity index is 764. The van der Waals surface area contributed by atoms with Gasteiger partial charge in [-0.2, -0.15) is 0 Å². The van der Waals surface area contributed by atoms with Gasteiger partial charge in [0.05, 0.1) is 0 Å². The summed E-state index contributed by atoms with van der Waals surface area (Å²) in [6, 6.07) is 17.6. The third-order valence-corrected chi connectivity index (χ3v) is 4.03. The maximum absolute atomic E-state index is 12.1. The van der Waals surface area contributed by atoms with Gasteiger partial charge in [0.1, 0.15) is 0 Å². The fourth-order valence-corrected chi connectivity index (χ4v) is 2.97. The lowest BCUT2D eigenvalue weighted by atomic mass is 9.85. The number of carbonyl (C=O) groups is 2. The van der Waals surface area contributed by atoms with E-state index in [-0.39, 0.29) is 17.6 Å². The summed E-state index contributed by atoms with van der Waals surface area (Å²) in [7, 11) is 0. The summed E-state index contributed by atoms with van der Waals surface area (Å²) in [6.07, 6.45) is 3.06. The Morgan fingerprint density at radius 3 is 2.29 bits per heavy atom. The Hall–Kier alpha value is -2.88. The van der Waals surface area contributed by atoms with Crippen molar-refractivity contribution in [3.05, 3.63) is 71.9 Å². The number of hydrogen-bond acceptors (Lipinski definition) is 3. The fourth-order valence-electron chi connectivity index (χ4n) is 2.97. The molecular weight excluding hydrogens is 300 g/mol. The van der Waals surface area contributed by atoms with E-state index in [1.165, 1.54) is 12.5 Å². The molecule has 2 aromatic carbocycles. The van der Waals surface area contributed by atoms with Gasteiger partial charge >= 0.3 is 0 Å². The average molecular weight is 320 g/mol. The molecule has 1 aliphatic carbocycles. The molecule has 2 N–H and O–H groups in total. The highest BCUT2D eigenvalue weighted by Gasteiger charge is 2.22. The van der Waals surface area contributed by atoms with Crippen molar-refractivity contribution in [2.45, 2.75) is 25.7 Å². The summed E-state index contributed by atoms with van der Waals surface area (Å²) in [5.74, 6) is 0.263. The predicted octanol–water partition coefficient (Wildman–Crippen LogP) is 4.09. The van der Waals surface area contributed by atoms with E-state index in [1.54, 1.807) is 6.08 Å². The van der Waals surface area contributed by atoms with Gasteiger partial charge < -0.3 is 10.6 Å². The van der Waals surface area contributed by atoms with Crippen molar-refractivity contribution in [2.24, 2.45) is 0 Å². The van der Waals surface area contributed by atoms with Crippen LogP contribution in [0.2, 0.25) is 0 Å². The first-order valence-electron chi connectivity index (χ1n) is 8.03. The molecule has 122 valence electrons. The van der Waals surface area contributed by atoms with Gasteiger partial charge in [0.15, 0.2) is 5.78 Å². The molecule has 4 nitrogen and oxygen atoms in total. The Kier molecular flexibility index (Phi) is 4.75. The van der Waals surface area contributed by atoms with Crippen LogP contribution in [0.1, 0.15) is 31.2 Å². The Morgan fingerprint density at radius 2 is 1.62 bits per heavy atom. The Balaban J connectivity index is 1.70. The normalized spacial score (nSPS) is 17.1. The second-order valence-electron chi connectivity index (χ2n) is 6.04. The van der Waals surface area contributed by atoms with Crippen molar-refractivity contribution in [3.63, 3.8) is 0 Å². The molecule has 0 saturated heterocycles. The number of hydrogen-bond donors (Lipinski definition) is 2. The number of allylic oxidation sites excluding steroid dienone is 2. The molecule has 0 saturated carbocycles. The number of amides is 1. The summed E-state index contributed by atoms with van der Waals surface area (Å²) in [4.78, 5) is 23.1. The van der Waals surface area contributed by atoms with E-state index in [0.29, 0.717) is 6.42 Å². The number of anilines is 2. The molecule has 0 spiro atoms. The number of ketones is 1. The first-order chi connectivity index (χ1) is 11.6. The SMILES string of the molecule is CC(=O)Nc1ccc(NC2=CC(=O)CC(c3ccccc3)C2)cc1. The van der Waals surface area contributed by atoms with Gasteiger partial charge in [-0.25, -0.2) is 0 Å². The zero-order valence-corrected chi connectivity index (χ0v) is 13.6. The quantitative estimate of drug-likeness (QED) is 0.892. The first-order valence-corrected chi connectivity index (χ1v) is 8.03. The van der Waals surface area contributed by atoms with Gasteiger partial charge in [-0.05, 0) is 42.2 Å². The Morgan fingerprint density at radius 1 is 0.958 bits per heavy atom. The minimum absolute atomic E-state index is 0.0954. The summed E-state index contributed by atoms with van der Waals surface area (Å²) in [5, 5.41) is 6.05. The van der Waals surface area contributed by atoms with Crippen molar-refractivity contribution in [3.8, 4) is 0 Å². The standard InChI is InChI=1S/C20H20N2O2/c1-14(23)21-17-7-9-18(10-8-17)22-19-11-16(12-20(24)13-19)15-5-3-2-4-6-15/h2-10,13,16,22H,11-12H2,1H3,(H,21,23). The van der Waals surface area contributed by atoms with Crippen LogP contribution in [0.5, 0.6) is 0 Å². The van der Waals surface area contributed by atoms with Crippen LogP contribution in [-0.4, -0.2) is 11.7 Å². The van der Waals surface area contributed by atoms with Crippen LogP contribution in [0.25, 0.3) is 0 Å². The van der Waals surface area contributed by atoms with Gasteiger partial charge in [0, 0.05) is 36.5 Å². The van der Waals surface area contributed by atoms with E-state index in [0.717, 1.165) is 23.5 Å². The molecule has 2 aromatic rings. The summed E-state index contributed by atoms with van der Waals surface area (Å²) in [6.45, 7) is 1.48. The highest BCUT2D eigenvalue weighted by Crippen LogP contribution is 2.31. The minimum atomic E-state index is -0.0954. The molecule has 1 atom stereocenters. The molecule has 1 unspecified atom stereocenters. The average Bonchev–Trinajstić information content (AvgIpc) is 2.56. The molecule has 0 radical (unpaired) electrons. The molecule has 0 aliphatic heterocycles. The topological polar surface area (TPSA) is 58.2 Å². The molecule has 0 bridgehead atoms. The van der Waals surface area contributed by atoms with Gasteiger partial charge in [-0.15, -0.1) is 0 Å². The third kappa shape index (κ3) is 4.10. The maximum Gasteiger partial charge on any atom is 0.221 e. The van der Waals surface area contributed by atoms with Gasteiger partial charge in [-0.1, -0.05) is 30.3 Å². The van der Waals surface area contributed by atoms with Crippen molar-refractivity contribution in [1.82, 2.24) is 0 Å². The molecule has 0 heterocycles. The molecule has 1 amide bonds. The lowest BCUT2D eigenvalue weighted by molar-refractivity contribution is -0.115. The Labute approximate surface area is 141 Å². The molecule has 0 aromatic heterocycles. The zero-order chi connectivity index (χ0) is 16.9. The van der Waals surface area contributed by atoms with Gasteiger partial charge in [-0.3, -0.25) is 9.59 Å². The van der Waals surface area contributed by atoms with Crippen LogP contribution >= 0.6 is 0 Å². The highest BCUT2D eigenvalue weighted by molar-refractivity contribution is 5.92. The number of carbonyl (C=O) groups excluding carboxylic acids is 2. The van der Waals surface area contributed by atoms with Crippen molar-refractivity contribution < 1.29 is 9.59 Å². The lowest BCUT2D eigenvalue weighted by Gasteiger charge is -2.23. The molecule has 24 heavy (non-hydrogen) atoms. The number of rotatable bonds is 4. The van der Waals surface area contributed by atoms with E-state index >= 15 is 0 Å². The molecular formula is C20H20N2O2.